The molecule has 0 aromatic heterocycles. The van der Waals surface area contributed by atoms with Crippen LogP contribution in [0, 0.1) is 0 Å². The van der Waals surface area contributed by atoms with E-state index >= 15 is 0 Å². The van der Waals surface area contributed by atoms with Crippen LogP contribution in [0.4, 0.5) is 11.4 Å². The topological polar surface area (TPSA) is 71.0 Å². The first-order valence-corrected chi connectivity index (χ1v) is 7.97. The van der Waals surface area contributed by atoms with Gasteiger partial charge in [-0.2, -0.15) is 0 Å². The second kappa shape index (κ2) is 7.17. The number of benzene rings is 2. The highest BCUT2D eigenvalue weighted by Crippen LogP contribution is 2.30. The van der Waals surface area contributed by atoms with Gasteiger partial charge in [0, 0.05) is 30.4 Å². The lowest BCUT2D eigenvalue weighted by Gasteiger charge is -2.15. The van der Waals surface area contributed by atoms with Gasteiger partial charge in [-0.3, -0.25) is 9.59 Å². The predicted octanol–water partition coefficient (Wildman–Crippen LogP) is 2.83. The van der Waals surface area contributed by atoms with Crippen LogP contribution in [-0.2, 0) is 16.1 Å². The fourth-order valence-electron chi connectivity index (χ4n) is 2.84. The molecule has 3 rings (SSSR count). The number of oxime groups is 1. The summed E-state index contributed by atoms with van der Waals surface area (Å²) in [5, 5.41) is 6.58. The molecule has 0 unspecified atom stereocenters. The minimum atomic E-state index is -0.184. The van der Waals surface area contributed by atoms with Crippen molar-refractivity contribution in [3.05, 3.63) is 59.2 Å². The van der Waals surface area contributed by atoms with E-state index in [2.05, 4.69) is 15.3 Å². The number of carbonyl (C=O) groups excluding carboxylic acids is 2. The summed E-state index contributed by atoms with van der Waals surface area (Å²) in [6.45, 7) is 2.25. The normalized spacial score (nSPS) is 13.0. The monoisotopic (exact) mass is 337 g/mol. The van der Waals surface area contributed by atoms with Gasteiger partial charge in [-0.25, -0.2) is 0 Å². The molecule has 0 radical (unpaired) electrons. The van der Waals surface area contributed by atoms with Crippen molar-refractivity contribution in [2.75, 3.05) is 23.9 Å². The Morgan fingerprint density at radius 2 is 1.96 bits per heavy atom. The van der Waals surface area contributed by atoms with Crippen LogP contribution in [0.15, 0.2) is 47.6 Å². The molecule has 1 aliphatic rings. The highest BCUT2D eigenvalue weighted by Gasteiger charge is 2.22. The van der Waals surface area contributed by atoms with E-state index in [1.807, 2.05) is 18.2 Å². The number of fused-ring (bicyclic) bond motifs is 1. The molecule has 0 bridgehead atoms. The lowest BCUT2D eigenvalue weighted by Crippen LogP contribution is -2.25. The highest BCUT2D eigenvalue weighted by molar-refractivity contribution is 6.05. The number of hydrogen-bond acceptors (Lipinski definition) is 4. The lowest BCUT2D eigenvalue weighted by molar-refractivity contribution is -0.116. The van der Waals surface area contributed by atoms with Gasteiger partial charge in [0.15, 0.2) is 0 Å². The molecule has 2 aromatic carbocycles. The van der Waals surface area contributed by atoms with E-state index in [0.717, 1.165) is 28.9 Å². The second-order valence-electron chi connectivity index (χ2n) is 5.76. The molecule has 128 valence electrons. The van der Waals surface area contributed by atoms with Crippen LogP contribution in [0.25, 0.3) is 0 Å². The molecule has 0 aliphatic carbocycles. The number of carbonyl (C=O) groups is 2. The molecule has 1 aliphatic heterocycles. The van der Waals surface area contributed by atoms with Gasteiger partial charge in [0.2, 0.25) is 5.91 Å². The van der Waals surface area contributed by atoms with E-state index in [1.54, 1.807) is 42.3 Å². The van der Waals surface area contributed by atoms with Crippen LogP contribution in [-0.4, -0.2) is 31.7 Å². The lowest BCUT2D eigenvalue weighted by atomic mass is 10.1. The van der Waals surface area contributed by atoms with E-state index in [1.165, 1.54) is 7.11 Å². The first-order valence-electron chi connectivity index (χ1n) is 7.97. The third-order valence-electron chi connectivity index (χ3n) is 4.09. The van der Waals surface area contributed by atoms with Crippen molar-refractivity contribution >= 4 is 29.4 Å². The zero-order valence-corrected chi connectivity index (χ0v) is 14.2. The van der Waals surface area contributed by atoms with Crippen LogP contribution in [0.3, 0.4) is 0 Å². The Hall–Kier alpha value is -3.15. The molecule has 0 saturated heterocycles. The van der Waals surface area contributed by atoms with Crippen molar-refractivity contribution < 1.29 is 14.4 Å². The number of nitrogens with one attached hydrogen (secondary N) is 1. The first kappa shape index (κ1) is 16.7. The van der Waals surface area contributed by atoms with Crippen molar-refractivity contribution in [1.82, 2.24) is 0 Å². The Bertz CT molecular complexity index is 828. The zero-order chi connectivity index (χ0) is 17.8. The van der Waals surface area contributed by atoms with E-state index in [-0.39, 0.29) is 11.8 Å². The number of amides is 2. The average Bonchev–Trinajstić information content (AvgIpc) is 3.03. The van der Waals surface area contributed by atoms with E-state index < -0.39 is 0 Å². The molecule has 1 N–H and O–H groups in total. The third-order valence-corrected chi connectivity index (χ3v) is 4.09. The molecule has 0 atom stereocenters. The van der Waals surface area contributed by atoms with Crippen LogP contribution in [0.2, 0.25) is 0 Å². The molecule has 2 amide bonds. The molecule has 6 nitrogen and oxygen atoms in total. The maximum atomic E-state index is 12.4. The van der Waals surface area contributed by atoms with E-state index in [0.29, 0.717) is 12.1 Å². The number of anilines is 2. The van der Waals surface area contributed by atoms with Gasteiger partial charge < -0.3 is 15.1 Å². The van der Waals surface area contributed by atoms with Gasteiger partial charge in [-0.05, 0) is 47.9 Å². The summed E-state index contributed by atoms with van der Waals surface area (Å²) in [6, 6.07) is 12.7. The molecule has 0 spiro atoms. The Balaban J connectivity index is 1.71. The number of nitrogens with zero attached hydrogens (tertiary/aromatic N) is 2. The minimum Gasteiger partial charge on any atom is -0.399 e. The summed E-state index contributed by atoms with van der Waals surface area (Å²) in [5.74, 6) is -0.149. The quantitative estimate of drug-likeness (QED) is 0.689. The van der Waals surface area contributed by atoms with Crippen LogP contribution >= 0.6 is 0 Å². The van der Waals surface area contributed by atoms with Gasteiger partial charge in [-0.1, -0.05) is 17.3 Å². The molecule has 6 heteroatoms. The summed E-state index contributed by atoms with van der Waals surface area (Å²) < 4.78 is 0. The van der Waals surface area contributed by atoms with E-state index in [9.17, 15) is 9.59 Å². The minimum absolute atomic E-state index is 0.0348. The molecule has 1 heterocycles. The molecule has 25 heavy (non-hydrogen) atoms. The third kappa shape index (κ3) is 3.68. The summed E-state index contributed by atoms with van der Waals surface area (Å²) >= 11 is 0. The van der Waals surface area contributed by atoms with Gasteiger partial charge >= 0.3 is 0 Å². The standard InChI is InChI=1S/C19H19N3O3/c1-13(23)22-10-9-16-11-17(7-8-18(16)22)21-19(24)15-5-3-14(4-6-15)12-20-25-2/h3-8,11-12H,9-10H2,1-2H3,(H,21,24)/b20-12+. The van der Waals surface area contributed by atoms with Crippen molar-refractivity contribution in [3.8, 4) is 0 Å². The Morgan fingerprint density at radius 1 is 1.20 bits per heavy atom. The summed E-state index contributed by atoms with van der Waals surface area (Å²) in [6.07, 6.45) is 2.37. The van der Waals surface area contributed by atoms with Gasteiger partial charge in [0.05, 0.1) is 6.21 Å². The molecule has 0 fully saturated rings. The maximum Gasteiger partial charge on any atom is 0.255 e. The zero-order valence-electron chi connectivity index (χ0n) is 14.2. The number of hydrogen-bond donors (Lipinski definition) is 1. The van der Waals surface area contributed by atoms with E-state index in [4.69, 9.17) is 0 Å². The van der Waals surface area contributed by atoms with Crippen LogP contribution < -0.4 is 10.2 Å². The van der Waals surface area contributed by atoms with Crippen molar-refractivity contribution in [2.24, 2.45) is 5.16 Å². The van der Waals surface area contributed by atoms with Crippen molar-refractivity contribution in [2.45, 2.75) is 13.3 Å². The van der Waals surface area contributed by atoms with Crippen LogP contribution in [0.1, 0.15) is 28.4 Å². The fraction of sp³-hybridized carbons (Fsp3) is 0.211. The van der Waals surface area contributed by atoms with Gasteiger partial charge in [0.25, 0.3) is 5.91 Å². The van der Waals surface area contributed by atoms with Crippen LogP contribution in [0.5, 0.6) is 0 Å². The first-order chi connectivity index (χ1) is 12.1. The van der Waals surface area contributed by atoms with Crippen molar-refractivity contribution in [3.63, 3.8) is 0 Å². The predicted molar refractivity (Wildman–Crippen MR) is 97.2 cm³/mol. The van der Waals surface area contributed by atoms with Crippen molar-refractivity contribution in [1.29, 1.82) is 0 Å². The summed E-state index contributed by atoms with van der Waals surface area (Å²) in [4.78, 5) is 30.3. The average molecular weight is 337 g/mol. The maximum absolute atomic E-state index is 12.4. The summed E-state index contributed by atoms with van der Waals surface area (Å²) in [5.41, 5.74) is 4.12. The Kier molecular flexibility index (Phi) is 4.79. The molecular weight excluding hydrogens is 318 g/mol. The smallest absolute Gasteiger partial charge is 0.255 e. The van der Waals surface area contributed by atoms with Gasteiger partial charge in [-0.15, -0.1) is 0 Å². The largest absolute Gasteiger partial charge is 0.399 e. The molecule has 2 aromatic rings. The fourth-order valence-corrected chi connectivity index (χ4v) is 2.84. The van der Waals surface area contributed by atoms with Gasteiger partial charge in [0.1, 0.15) is 7.11 Å². The SMILES string of the molecule is CO/N=C/c1ccc(C(=O)Nc2ccc3c(c2)CCN3C(C)=O)cc1. The Morgan fingerprint density at radius 3 is 2.64 bits per heavy atom. The molecular formula is C19H19N3O3. The summed E-state index contributed by atoms with van der Waals surface area (Å²) in [7, 11) is 1.48. The highest BCUT2D eigenvalue weighted by atomic mass is 16.6. The molecule has 0 saturated carbocycles. The second-order valence-corrected chi connectivity index (χ2v) is 5.76. The number of rotatable bonds is 4. The Labute approximate surface area is 146 Å².